The number of rotatable bonds is 5. The minimum atomic E-state index is -0.682. The number of hydrogen-bond donors (Lipinski definition) is 1. The van der Waals surface area contributed by atoms with E-state index in [1.165, 1.54) is 20.3 Å². The maximum Gasteiger partial charge on any atom is 0.354 e. The Kier molecular flexibility index (Phi) is 5.98. The summed E-state index contributed by atoms with van der Waals surface area (Å²) in [6, 6.07) is 13.5. The number of carbonyl (C=O) groups excluding carboxylic acids is 2. The zero-order chi connectivity index (χ0) is 17.5. The summed E-state index contributed by atoms with van der Waals surface area (Å²) in [5, 5.41) is 2.95. The van der Waals surface area contributed by atoms with Crippen LogP contribution >= 0.6 is 11.6 Å². The monoisotopic (exact) mass is 345 g/mol. The second-order valence-electron chi connectivity index (χ2n) is 4.76. The van der Waals surface area contributed by atoms with Crippen molar-refractivity contribution >= 4 is 29.6 Å². The molecule has 0 bridgehead atoms. The molecule has 0 spiro atoms. The van der Waals surface area contributed by atoms with Crippen LogP contribution in [-0.4, -0.2) is 26.1 Å². The van der Waals surface area contributed by atoms with E-state index in [2.05, 4.69) is 5.32 Å². The molecule has 124 valence electrons. The Labute approximate surface area is 144 Å². The molecule has 0 fully saturated rings. The van der Waals surface area contributed by atoms with Crippen molar-refractivity contribution in [1.29, 1.82) is 0 Å². The van der Waals surface area contributed by atoms with E-state index in [0.29, 0.717) is 21.9 Å². The standard InChI is InChI=1S/C18H16ClNO4/c1-23-14-8-9-15(19)13(10-14)11-16(18(22)24-2)20-17(21)12-6-4-3-5-7-12/h3-11H,1-2H3,(H,20,21). The van der Waals surface area contributed by atoms with Gasteiger partial charge in [0, 0.05) is 10.6 Å². The third kappa shape index (κ3) is 4.36. The highest BCUT2D eigenvalue weighted by Gasteiger charge is 2.15. The van der Waals surface area contributed by atoms with Gasteiger partial charge in [0.2, 0.25) is 0 Å². The maximum atomic E-state index is 12.3. The van der Waals surface area contributed by atoms with Crippen LogP contribution in [0.1, 0.15) is 15.9 Å². The fraction of sp³-hybridized carbons (Fsp3) is 0.111. The highest BCUT2D eigenvalue weighted by Crippen LogP contribution is 2.24. The van der Waals surface area contributed by atoms with Gasteiger partial charge in [0.25, 0.3) is 5.91 Å². The van der Waals surface area contributed by atoms with Crippen LogP contribution in [0.3, 0.4) is 0 Å². The normalized spacial score (nSPS) is 10.9. The van der Waals surface area contributed by atoms with Crippen LogP contribution in [0.15, 0.2) is 54.2 Å². The number of esters is 1. The molecule has 0 aliphatic carbocycles. The molecule has 0 heterocycles. The van der Waals surface area contributed by atoms with Crippen molar-refractivity contribution < 1.29 is 19.1 Å². The molecule has 0 atom stereocenters. The first-order chi connectivity index (χ1) is 11.5. The molecule has 0 unspecified atom stereocenters. The number of hydrogen-bond acceptors (Lipinski definition) is 4. The SMILES string of the molecule is COC(=O)C(=Cc1cc(OC)ccc1Cl)NC(=O)c1ccccc1. The molecule has 0 saturated heterocycles. The van der Waals surface area contributed by atoms with E-state index in [4.69, 9.17) is 21.1 Å². The summed E-state index contributed by atoms with van der Waals surface area (Å²) < 4.78 is 9.86. The van der Waals surface area contributed by atoms with Crippen molar-refractivity contribution in [2.24, 2.45) is 0 Å². The molecule has 1 amide bonds. The zero-order valence-electron chi connectivity index (χ0n) is 13.2. The lowest BCUT2D eigenvalue weighted by Crippen LogP contribution is -2.28. The molecular weight excluding hydrogens is 330 g/mol. The second kappa shape index (κ2) is 8.17. The lowest BCUT2D eigenvalue weighted by Gasteiger charge is -2.09. The molecular formula is C18H16ClNO4. The summed E-state index contributed by atoms with van der Waals surface area (Å²) in [7, 11) is 2.76. The number of methoxy groups -OCH3 is 2. The van der Waals surface area contributed by atoms with Crippen LogP contribution < -0.4 is 10.1 Å². The second-order valence-corrected chi connectivity index (χ2v) is 5.16. The Morgan fingerprint density at radius 1 is 1.08 bits per heavy atom. The number of carbonyl (C=O) groups is 2. The smallest absolute Gasteiger partial charge is 0.354 e. The van der Waals surface area contributed by atoms with Crippen LogP contribution in [0, 0.1) is 0 Å². The Morgan fingerprint density at radius 3 is 2.42 bits per heavy atom. The topological polar surface area (TPSA) is 64.6 Å². The molecule has 2 rings (SSSR count). The quantitative estimate of drug-likeness (QED) is 0.667. The van der Waals surface area contributed by atoms with Gasteiger partial charge in [-0.2, -0.15) is 0 Å². The van der Waals surface area contributed by atoms with E-state index >= 15 is 0 Å². The number of ether oxygens (including phenoxy) is 2. The molecule has 0 saturated carbocycles. The van der Waals surface area contributed by atoms with E-state index in [0.717, 1.165) is 0 Å². The molecule has 0 aliphatic heterocycles. The number of halogens is 1. The summed E-state index contributed by atoms with van der Waals surface area (Å²) in [5.41, 5.74) is 0.912. The number of benzene rings is 2. The first-order valence-corrected chi connectivity index (χ1v) is 7.43. The Bertz CT molecular complexity index is 772. The van der Waals surface area contributed by atoms with Crippen molar-refractivity contribution in [3.8, 4) is 5.75 Å². The Morgan fingerprint density at radius 2 is 1.79 bits per heavy atom. The van der Waals surface area contributed by atoms with Crippen LogP contribution in [-0.2, 0) is 9.53 Å². The summed E-state index contributed by atoms with van der Waals surface area (Å²) in [6.45, 7) is 0. The Hall–Kier alpha value is -2.79. The van der Waals surface area contributed by atoms with Gasteiger partial charge in [-0.1, -0.05) is 29.8 Å². The highest BCUT2D eigenvalue weighted by atomic mass is 35.5. The third-order valence-corrected chi connectivity index (χ3v) is 3.54. The van der Waals surface area contributed by atoms with Crippen LogP contribution in [0.5, 0.6) is 5.75 Å². The number of amides is 1. The first-order valence-electron chi connectivity index (χ1n) is 7.05. The lowest BCUT2D eigenvalue weighted by atomic mass is 10.1. The Balaban J connectivity index is 2.35. The van der Waals surface area contributed by atoms with Gasteiger partial charge in [-0.15, -0.1) is 0 Å². The van der Waals surface area contributed by atoms with E-state index in [1.807, 2.05) is 0 Å². The van der Waals surface area contributed by atoms with Gasteiger partial charge in [0.15, 0.2) is 0 Å². The average molecular weight is 346 g/mol. The molecule has 0 radical (unpaired) electrons. The number of nitrogens with one attached hydrogen (secondary N) is 1. The minimum Gasteiger partial charge on any atom is -0.497 e. The highest BCUT2D eigenvalue weighted by molar-refractivity contribution is 6.32. The molecule has 2 aromatic rings. The molecule has 1 N–H and O–H groups in total. The molecule has 0 aliphatic rings. The first kappa shape index (κ1) is 17.6. The van der Waals surface area contributed by atoms with E-state index in [-0.39, 0.29) is 5.70 Å². The largest absolute Gasteiger partial charge is 0.497 e. The van der Waals surface area contributed by atoms with Crippen molar-refractivity contribution in [1.82, 2.24) is 5.32 Å². The van der Waals surface area contributed by atoms with Gasteiger partial charge in [-0.05, 0) is 42.0 Å². The van der Waals surface area contributed by atoms with Crippen LogP contribution in [0.25, 0.3) is 6.08 Å². The molecule has 5 nitrogen and oxygen atoms in total. The van der Waals surface area contributed by atoms with E-state index in [1.54, 1.807) is 48.5 Å². The van der Waals surface area contributed by atoms with E-state index in [9.17, 15) is 9.59 Å². The van der Waals surface area contributed by atoms with Gasteiger partial charge in [0.1, 0.15) is 11.4 Å². The molecule has 24 heavy (non-hydrogen) atoms. The molecule has 0 aromatic heterocycles. The fourth-order valence-electron chi connectivity index (χ4n) is 1.95. The average Bonchev–Trinajstić information content (AvgIpc) is 2.62. The lowest BCUT2D eigenvalue weighted by molar-refractivity contribution is -0.136. The molecule has 6 heteroatoms. The van der Waals surface area contributed by atoms with Gasteiger partial charge in [-0.3, -0.25) is 4.79 Å². The van der Waals surface area contributed by atoms with Crippen molar-refractivity contribution in [2.45, 2.75) is 0 Å². The van der Waals surface area contributed by atoms with Crippen LogP contribution in [0.2, 0.25) is 5.02 Å². The van der Waals surface area contributed by atoms with Gasteiger partial charge >= 0.3 is 5.97 Å². The fourth-order valence-corrected chi connectivity index (χ4v) is 2.13. The van der Waals surface area contributed by atoms with Gasteiger partial charge in [0.05, 0.1) is 14.2 Å². The molecule has 2 aromatic carbocycles. The maximum absolute atomic E-state index is 12.3. The summed E-state index contributed by atoms with van der Waals surface area (Å²) >= 11 is 6.13. The van der Waals surface area contributed by atoms with Gasteiger partial charge < -0.3 is 14.8 Å². The summed E-state index contributed by atoms with van der Waals surface area (Å²) in [6.07, 6.45) is 1.44. The predicted octanol–water partition coefficient (Wildman–Crippen LogP) is 3.29. The zero-order valence-corrected chi connectivity index (χ0v) is 14.0. The van der Waals surface area contributed by atoms with Crippen molar-refractivity contribution in [3.63, 3.8) is 0 Å². The third-order valence-electron chi connectivity index (χ3n) is 3.19. The van der Waals surface area contributed by atoms with Crippen molar-refractivity contribution in [2.75, 3.05) is 14.2 Å². The minimum absolute atomic E-state index is 0.0264. The predicted molar refractivity (Wildman–Crippen MR) is 91.9 cm³/mol. The van der Waals surface area contributed by atoms with Crippen molar-refractivity contribution in [3.05, 3.63) is 70.4 Å². The van der Waals surface area contributed by atoms with Gasteiger partial charge in [-0.25, -0.2) is 4.79 Å². The summed E-state index contributed by atoms with van der Waals surface area (Å²) in [5.74, 6) is -0.534. The van der Waals surface area contributed by atoms with Crippen LogP contribution in [0.4, 0.5) is 0 Å². The summed E-state index contributed by atoms with van der Waals surface area (Å²) in [4.78, 5) is 24.2. The van der Waals surface area contributed by atoms with E-state index < -0.39 is 11.9 Å².